The Morgan fingerprint density at radius 3 is 2.46 bits per heavy atom. The summed E-state index contributed by atoms with van der Waals surface area (Å²) in [6, 6.07) is 7.37. The van der Waals surface area contributed by atoms with E-state index < -0.39 is 0 Å². The van der Waals surface area contributed by atoms with Crippen LogP contribution in [0.4, 0.5) is 5.13 Å². The fraction of sp³-hybridized carbons (Fsp3) is 0.353. The number of aryl methyl sites for hydroxylation is 1. The van der Waals surface area contributed by atoms with Crippen LogP contribution in [-0.2, 0) is 4.79 Å². The van der Waals surface area contributed by atoms with E-state index in [2.05, 4.69) is 10.3 Å². The molecule has 0 saturated carbocycles. The van der Waals surface area contributed by atoms with Gasteiger partial charge in [0.15, 0.2) is 5.13 Å². The first-order chi connectivity index (χ1) is 11.5. The van der Waals surface area contributed by atoms with E-state index in [4.69, 9.17) is 0 Å². The van der Waals surface area contributed by atoms with Gasteiger partial charge in [0, 0.05) is 30.2 Å². The molecule has 0 aliphatic heterocycles. The minimum atomic E-state index is -0.246. The van der Waals surface area contributed by atoms with E-state index in [1.54, 1.807) is 28.6 Å². The summed E-state index contributed by atoms with van der Waals surface area (Å²) < 4.78 is 0. The maximum absolute atomic E-state index is 12.7. The summed E-state index contributed by atoms with van der Waals surface area (Å²) in [5.74, 6) is -0.393. The number of hydrogen-bond acceptors (Lipinski definition) is 5. The summed E-state index contributed by atoms with van der Waals surface area (Å²) in [5.41, 5.74) is 1.68. The van der Waals surface area contributed by atoms with Crippen LogP contribution in [0.3, 0.4) is 0 Å². The molecule has 0 saturated heterocycles. The first-order valence-corrected chi connectivity index (χ1v) is 8.53. The molecule has 0 aliphatic carbocycles. The molecule has 2 amide bonds. The fourth-order valence-corrected chi connectivity index (χ4v) is 2.61. The monoisotopic (exact) mass is 346 g/mol. The van der Waals surface area contributed by atoms with Crippen molar-refractivity contribution in [1.29, 1.82) is 0 Å². The van der Waals surface area contributed by atoms with Gasteiger partial charge in [0.05, 0.1) is 0 Å². The normalized spacial score (nSPS) is 10.7. The zero-order valence-corrected chi connectivity index (χ0v) is 15.0. The van der Waals surface area contributed by atoms with Crippen molar-refractivity contribution in [3.63, 3.8) is 0 Å². The maximum Gasteiger partial charge on any atom is 0.254 e. The Labute approximate surface area is 146 Å². The minimum absolute atomic E-state index is 0.000129. The van der Waals surface area contributed by atoms with Crippen LogP contribution in [0.15, 0.2) is 35.8 Å². The molecule has 0 fully saturated rings. The highest BCUT2D eigenvalue weighted by atomic mass is 32.1. The Kier molecular flexibility index (Phi) is 6.45. The van der Waals surface area contributed by atoms with Crippen molar-refractivity contribution in [3.8, 4) is 0 Å². The van der Waals surface area contributed by atoms with E-state index in [0.717, 1.165) is 5.56 Å². The van der Waals surface area contributed by atoms with Crippen LogP contribution in [0, 0.1) is 6.92 Å². The lowest BCUT2D eigenvalue weighted by atomic mass is 10.1. The molecule has 1 aromatic carbocycles. The molecule has 2 aromatic rings. The highest BCUT2D eigenvalue weighted by Gasteiger charge is 2.19. The highest BCUT2D eigenvalue weighted by Crippen LogP contribution is 2.11. The Bertz CT molecular complexity index is 668. The van der Waals surface area contributed by atoms with Gasteiger partial charge in [0.25, 0.3) is 5.91 Å². The highest BCUT2D eigenvalue weighted by molar-refractivity contribution is 7.13. The Hall–Kier alpha value is -2.25. The second-order valence-corrected chi connectivity index (χ2v) is 6.68. The molecule has 0 bridgehead atoms. The van der Waals surface area contributed by atoms with Crippen molar-refractivity contribution < 1.29 is 9.59 Å². The van der Waals surface area contributed by atoms with Crippen molar-refractivity contribution in [3.05, 3.63) is 47.0 Å². The second kappa shape index (κ2) is 8.56. The van der Waals surface area contributed by atoms with E-state index in [0.29, 0.717) is 23.8 Å². The number of thiazole rings is 1. The largest absolute Gasteiger partial charge is 0.328 e. The van der Waals surface area contributed by atoms with Gasteiger partial charge in [0.1, 0.15) is 6.54 Å². The number of likely N-dealkylation sites (N-methyl/N-ethyl adjacent to an activating group) is 1. The molecule has 0 spiro atoms. The van der Waals surface area contributed by atoms with Crippen LogP contribution in [0.5, 0.6) is 0 Å². The average molecular weight is 346 g/mol. The summed E-state index contributed by atoms with van der Waals surface area (Å²) in [7, 11) is 3.87. The summed E-state index contributed by atoms with van der Waals surface area (Å²) in [4.78, 5) is 32.5. The Balaban J connectivity index is 2.06. The molecule has 7 heteroatoms. The fourth-order valence-electron chi connectivity index (χ4n) is 2.07. The quantitative estimate of drug-likeness (QED) is 0.834. The van der Waals surface area contributed by atoms with Crippen LogP contribution in [-0.4, -0.2) is 60.3 Å². The molecule has 24 heavy (non-hydrogen) atoms. The third-order valence-electron chi connectivity index (χ3n) is 3.42. The van der Waals surface area contributed by atoms with Gasteiger partial charge >= 0.3 is 0 Å². The van der Waals surface area contributed by atoms with Gasteiger partial charge < -0.3 is 15.1 Å². The topological polar surface area (TPSA) is 65.5 Å². The van der Waals surface area contributed by atoms with Crippen molar-refractivity contribution >= 4 is 28.3 Å². The summed E-state index contributed by atoms with van der Waals surface area (Å²) in [6.45, 7) is 3.13. The van der Waals surface area contributed by atoms with Crippen LogP contribution in [0.2, 0.25) is 0 Å². The molecule has 1 N–H and O–H groups in total. The van der Waals surface area contributed by atoms with Crippen LogP contribution < -0.4 is 5.32 Å². The maximum atomic E-state index is 12.7. The predicted molar refractivity (Wildman–Crippen MR) is 96.4 cm³/mol. The molecule has 0 atom stereocenters. The first kappa shape index (κ1) is 18.1. The second-order valence-electron chi connectivity index (χ2n) is 5.78. The summed E-state index contributed by atoms with van der Waals surface area (Å²) in [6.07, 6.45) is 1.63. The summed E-state index contributed by atoms with van der Waals surface area (Å²) >= 11 is 1.35. The van der Waals surface area contributed by atoms with Gasteiger partial charge in [0.2, 0.25) is 5.91 Å². The van der Waals surface area contributed by atoms with Gasteiger partial charge in [-0.25, -0.2) is 4.98 Å². The Morgan fingerprint density at radius 2 is 1.88 bits per heavy atom. The molecular weight excluding hydrogens is 324 g/mol. The number of amides is 2. The number of nitrogens with one attached hydrogen (secondary N) is 1. The van der Waals surface area contributed by atoms with Gasteiger partial charge in [-0.05, 0) is 33.2 Å². The number of benzene rings is 1. The number of carbonyl (C=O) groups excluding carboxylic acids is 2. The van der Waals surface area contributed by atoms with Gasteiger partial charge in [-0.15, -0.1) is 11.3 Å². The number of aromatic nitrogens is 1. The molecule has 1 heterocycles. The van der Waals surface area contributed by atoms with Gasteiger partial charge in [-0.1, -0.05) is 17.7 Å². The smallest absolute Gasteiger partial charge is 0.254 e. The lowest BCUT2D eigenvalue weighted by Crippen LogP contribution is -2.41. The SMILES string of the molecule is Cc1ccc(C(=O)N(CCN(C)C)CC(=O)Nc2nccs2)cc1. The lowest BCUT2D eigenvalue weighted by molar-refractivity contribution is -0.116. The lowest BCUT2D eigenvalue weighted by Gasteiger charge is -2.24. The number of carbonyl (C=O) groups is 2. The minimum Gasteiger partial charge on any atom is -0.328 e. The third kappa shape index (κ3) is 5.43. The molecular formula is C17H22N4O2S. The molecule has 6 nitrogen and oxygen atoms in total. The average Bonchev–Trinajstić information content (AvgIpc) is 3.04. The standard InChI is InChI=1S/C17H22N4O2S/c1-13-4-6-14(7-5-13)16(23)21(10-9-20(2)3)12-15(22)19-17-18-8-11-24-17/h4-8,11H,9-10,12H2,1-3H3,(H,18,19,22). The molecule has 0 unspecified atom stereocenters. The zero-order chi connectivity index (χ0) is 17.5. The molecule has 0 aliphatic rings. The molecule has 128 valence electrons. The van der Waals surface area contributed by atoms with Crippen LogP contribution in [0.25, 0.3) is 0 Å². The van der Waals surface area contributed by atoms with E-state index in [9.17, 15) is 9.59 Å². The van der Waals surface area contributed by atoms with Crippen molar-refractivity contribution in [2.45, 2.75) is 6.92 Å². The van der Waals surface area contributed by atoms with E-state index in [1.807, 2.05) is 38.1 Å². The summed E-state index contributed by atoms with van der Waals surface area (Å²) in [5, 5.41) is 5.04. The third-order valence-corrected chi connectivity index (χ3v) is 4.10. The molecule has 0 radical (unpaired) electrons. The van der Waals surface area contributed by atoms with Crippen molar-refractivity contribution in [2.24, 2.45) is 0 Å². The number of anilines is 1. The van der Waals surface area contributed by atoms with Crippen LogP contribution >= 0.6 is 11.3 Å². The number of hydrogen-bond donors (Lipinski definition) is 1. The van der Waals surface area contributed by atoms with Crippen LogP contribution in [0.1, 0.15) is 15.9 Å². The molecule has 1 aromatic heterocycles. The van der Waals surface area contributed by atoms with Gasteiger partial charge in [-0.2, -0.15) is 0 Å². The zero-order valence-electron chi connectivity index (χ0n) is 14.2. The predicted octanol–water partition coefficient (Wildman–Crippen LogP) is 2.09. The van der Waals surface area contributed by atoms with E-state index in [1.165, 1.54) is 11.3 Å². The number of rotatable bonds is 7. The first-order valence-electron chi connectivity index (χ1n) is 7.65. The van der Waals surface area contributed by atoms with E-state index >= 15 is 0 Å². The number of nitrogens with zero attached hydrogens (tertiary/aromatic N) is 3. The van der Waals surface area contributed by atoms with E-state index in [-0.39, 0.29) is 18.4 Å². The van der Waals surface area contributed by atoms with Crippen molar-refractivity contribution in [2.75, 3.05) is 39.0 Å². The Morgan fingerprint density at radius 1 is 1.17 bits per heavy atom. The van der Waals surface area contributed by atoms with Crippen molar-refractivity contribution in [1.82, 2.24) is 14.8 Å². The van der Waals surface area contributed by atoms with Gasteiger partial charge in [-0.3, -0.25) is 9.59 Å². The molecule has 2 rings (SSSR count).